The molecule has 0 heterocycles. The van der Waals surface area contributed by atoms with Crippen LogP contribution in [-0.2, 0) is 4.79 Å². The van der Waals surface area contributed by atoms with E-state index in [-0.39, 0.29) is 5.91 Å². The Morgan fingerprint density at radius 3 is 2.29 bits per heavy atom. The van der Waals surface area contributed by atoms with Crippen molar-refractivity contribution >= 4 is 11.5 Å². The molecule has 1 amide bonds. The summed E-state index contributed by atoms with van der Waals surface area (Å²) < 4.78 is 0. The maximum Gasteiger partial charge on any atom is 0.247 e. The van der Waals surface area contributed by atoms with E-state index in [0.29, 0.717) is 6.04 Å². The molecule has 0 radical (unpaired) electrons. The van der Waals surface area contributed by atoms with E-state index >= 15 is 0 Å². The lowest BCUT2D eigenvalue weighted by Gasteiger charge is -2.09. The number of aryl methyl sites for hydroxylation is 1. The molecule has 1 N–H and O–H groups in total. The highest BCUT2D eigenvalue weighted by Crippen LogP contribution is 2.22. The van der Waals surface area contributed by atoms with E-state index in [2.05, 4.69) is 36.5 Å². The highest BCUT2D eigenvalue weighted by atomic mass is 16.1. The molecule has 1 aromatic carbocycles. The largest absolute Gasteiger partial charge is 0.350 e. The van der Waals surface area contributed by atoms with Crippen LogP contribution in [0.5, 0.6) is 0 Å². The summed E-state index contributed by atoms with van der Waals surface area (Å²) in [6.45, 7) is 5.97. The fourth-order valence-electron chi connectivity index (χ4n) is 1.71. The summed E-state index contributed by atoms with van der Waals surface area (Å²) in [5, 5.41) is 3.02. The molecule has 1 fully saturated rings. The van der Waals surface area contributed by atoms with E-state index in [0.717, 1.165) is 29.6 Å². The van der Waals surface area contributed by atoms with Crippen molar-refractivity contribution in [3.8, 4) is 0 Å². The molecule has 0 spiro atoms. The Labute approximate surface area is 103 Å². The first kappa shape index (κ1) is 11.9. The van der Waals surface area contributed by atoms with Crippen LogP contribution in [0.1, 0.15) is 37.8 Å². The lowest BCUT2D eigenvalue weighted by molar-refractivity contribution is -0.117. The Morgan fingerprint density at radius 2 is 1.76 bits per heavy atom. The van der Waals surface area contributed by atoms with Crippen molar-refractivity contribution in [2.75, 3.05) is 0 Å². The SMILES string of the molecule is C/C(C(=O)NC1CC1)=C(\C)c1ccc(C)cc1. The zero-order chi connectivity index (χ0) is 12.4. The average Bonchev–Trinajstić information content (AvgIpc) is 3.12. The quantitative estimate of drug-likeness (QED) is 0.793. The van der Waals surface area contributed by atoms with Crippen molar-refractivity contribution in [2.45, 2.75) is 39.7 Å². The number of carbonyl (C=O) groups is 1. The molecule has 17 heavy (non-hydrogen) atoms. The van der Waals surface area contributed by atoms with Gasteiger partial charge < -0.3 is 5.32 Å². The second-order valence-electron chi connectivity index (χ2n) is 4.86. The molecule has 1 aliphatic carbocycles. The van der Waals surface area contributed by atoms with Gasteiger partial charge in [0.15, 0.2) is 0 Å². The van der Waals surface area contributed by atoms with Gasteiger partial charge in [-0.2, -0.15) is 0 Å². The molecular weight excluding hydrogens is 210 g/mol. The predicted molar refractivity (Wildman–Crippen MR) is 70.6 cm³/mol. The van der Waals surface area contributed by atoms with Gasteiger partial charge in [0.05, 0.1) is 0 Å². The lowest BCUT2D eigenvalue weighted by Crippen LogP contribution is -2.26. The number of allylic oxidation sites excluding steroid dienone is 1. The zero-order valence-corrected chi connectivity index (χ0v) is 10.7. The minimum atomic E-state index is 0.0746. The molecule has 1 aliphatic rings. The maximum atomic E-state index is 11.9. The Balaban J connectivity index is 2.17. The van der Waals surface area contributed by atoms with Crippen molar-refractivity contribution in [3.63, 3.8) is 0 Å². The third-order valence-corrected chi connectivity index (χ3v) is 3.30. The van der Waals surface area contributed by atoms with E-state index in [4.69, 9.17) is 0 Å². The monoisotopic (exact) mass is 229 g/mol. The first-order valence-electron chi connectivity index (χ1n) is 6.13. The van der Waals surface area contributed by atoms with Crippen LogP contribution >= 0.6 is 0 Å². The molecule has 0 aliphatic heterocycles. The van der Waals surface area contributed by atoms with Crippen molar-refractivity contribution in [2.24, 2.45) is 0 Å². The number of hydrogen-bond acceptors (Lipinski definition) is 1. The van der Waals surface area contributed by atoms with Crippen molar-refractivity contribution < 1.29 is 4.79 Å². The fourth-order valence-corrected chi connectivity index (χ4v) is 1.71. The molecule has 0 atom stereocenters. The molecule has 1 saturated carbocycles. The zero-order valence-electron chi connectivity index (χ0n) is 10.7. The number of amides is 1. The van der Waals surface area contributed by atoms with Gasteiger partial charge in [-0.1, -0.05) is 29.8 Å². The average molecular weight is 229 g/mol. The third kappa shape index (κ3) is 2.96. The predicted octanol–water partition coefficient (Wildman–Crippen LogP) is 3.07. The Bertz CT molecular complexity index is 452. The van der Waals surface area contributed by atoms with Gasteiger partial charge in [-0.3, -0.25) is 4.79 Å². The Morgan fingerprint density at radius 1 is 1.18 bits per heavy atom. The van der Waals surface area contributed by atoms with E-state index in [9.17, 15) is 4.79 Å². The number of carbonyl (C=O) groups excluding carboxylic acids is 1. The van der Waals surface area contributed by atoms with E-state index in [1.54, 1.807) is 0 Å². The van der Waals surface area contributed by atoms with Crippen LogP contribution in [0.15, 0.2) is 29.8 Å². The van der Waals surface area contributed by atoms with E-state index < -0.39 is 0 Å². The van der Waals surface area contributed by atoms with Crippen LogP contribution in [0.2, 0.25) is 0 Å². The highest BCUT2D eigenvalue weighted by molar-refractivity contribution is 6.00. The molecule has 0 saturated heterocycles. The van der Waals surface area contributed by atoms with Crippen LogP contribution < -0.4 is 5.32 Å². The van der Waals surface area contributed by atoms with Gasteiger partial charge >= 0.3 is 0 Å². The summed E-state index contributed by atoms with van der Waals surface area (Å²) in [5.41, 5.74) is 4.24. The fraction of sp³-hybridized carbons (Fsp3) is 0.400. The van der Waals surface area contributed by atoms with Gasteiger partial charge in [0, 0.05) is 11.6 Å². The van der Waals surface area contributed by atoms with Crippen molar-refractivity contribution in [1.29, 1.82) is 0 Å². The van der Waals surface area contributed by atoms with E-state index in [1.807, 2.05) is 13.8 Å². The minimum absolute atomic E-state index is 0.0746. The molecule has 2 heteroatoms. The molecule has 90 valence electrons. The van der Waals surface area contributed by atoms with Crippen LogP contribution in [0.25, 0.3) is 5.57 Å². The van der Waals surface area contributed by atoms with Gasteiger partial charge in [0.1, 0.15) is 0 Å². The molecule has 0 unspecified atom stereocenters. The number of benzene rings is 1. The van der Waals surface area contributed by atoms with Crippen LogP contribution in [0.4, 0.5) is 0 Å². The third-order valence-electron chi connectivity index (χ3n) is 3.30. The minimum Gasteiger partial charge on any atom is -0.350 e. The van der Waals surface area contributed by atoms with Gasteiger partial charge in [-0.25, -0.2) is 0 Å². The lowest BCUT2D eigenvalue weighted by atomic mass is 10.0. The standard InChI is InChI=1S/C15H19NO/c1-10-4-6-13(7-5-10)11(2)12(3)15(17)16-14-8-9-14/h4-7,14H,8-9H2,1-3H3,(H,16,17)/b12-11-. The second-order valence-corrected chi connectivity index (χ2v) is 4.86. The Kier molecular flexibility index (Phi) is 3.32. The van der Waals surface area contributed by atoms with Crippen molar-refractivity contribution in [1.82, 2.24) is 5.32 Å². The Hall–Kier alpha value is -1.57. The molecule has 1 aromatic rings. The van der Waals surface area contributed by atoms with Crippen molar-refractivity contribution in [3.05, 3.63) is 41.0 Å². The van der Waals surface area contributed by atoms with Crippen LogP contribution in [0.3, 0.4) is 0 Å². The van der Waals surface area contributed by atoms with E-state index in [1.165, 1.54) is 5.56 Å². The second kappa shape index (κ2) is 4.74. The summed E-state index contributed by atoms with van der Waals surface area (Å²) >= 11 is 0. The molecular formula is C15H19NO. The van der Waals surface area contributed by atoms with Gasteiger partial charge in [-0.05, 0) is 44.7 Å². The van der Waals surface area contributed by atoms with Crippen LogP contribution in [0, 0.1) is 6.92 Å². The topological polar surface area (TPSA) is 29.1 Å². The summed E-state index contributed by atoms with van der Waals surface area (Å²) in [4.78, 5) is 11.9. The first-order valence-corrected chi connectivity index (χ1v) is 6.13. The summed E-state index contributed by atoms with van der Waals surface area (Å²) in [5.74, 6) is 0.0746. The van der Waals surface area contributed by atoms with Gasteiger partial charge in [0.25, 0.3) is 0 Å². The molecule has 2 nitrogen and oxygen atoms in total. The van der Waals surface area contributed by atoms with Gasteiger partial charge in [-0.15, -0.1) is 0 Å². The molecule has 0 bridgehead atoms. The smallest absolute Gasteiger partial charge is 0.247 e. The van der Waals surface area contributed by atoms with Crippen LogP contribution in [-0.4, -0.2) is 11.9 Å². The summed E-state index contributed by atoms with van der Waals surface area (Å²) in [7, 11) is 0. The summed E-state index contributed by atoms with van der Waals surface area (Å²) in [6.07, 6.45) is 2.26. The first-order chi connectivity index (χ1) is 8.08. The highest BCUT2D eigenvalue weighted by Gasteiger charge is 2.24. The number of hydrogen-bond donors (Lipinski definition) is 1. The summed E-state index contributed by atoms with van der Waals surface area (Å²) in [6, 6.07) is 8.70. The normalized spacial score (nSPS) is 16.4. The molecule has 0 aromatic heterocycles. The maximum absolute atomic E-state index is 11.9. The molecule has 2 rings (SSSR count). The number of rotatable bonds is 3. The number of nitrogens with one attached hydrogen (secondary N) is 1. The van der Waals surface area contributed by atoms with Gasteiger partial charge in [0.2, 0.25) is 5.91 Å².